The molecular weight excluding hydrogens is 500 g/mol. The van der Waals surface area contributed by atoms with E-state index in [4.69, 9.17) is 17.2 Å². The number of hydrogen-bond donors (Lipinski definition) is 1. The molecule has 3 heterocycles. The Hall–Kier alpha value is -3.75. The van der Waals surface area contributed by atoms with Crippen LogP contribution in [0.5, 0.6) is 0 Å². The third kappa shape index (κ3) is 5.21. The first-order valence-corrected chi connectivity index (χ1v) is 13.3. The van der Waals surface area contributed by atoms with Crippen LogP contribution in [0.3, 0.4) is 0 Å². The average molecular weight is 527 g/mol. The summed E-state index contributed by atoms with van der Waals surface area (Å²) in [6, 6.07) is 23.4. The fraction of sp³-hybridized carbons (Fsp3) is 0.172. The van der Waals surface area contributed by atoms with Crippen LogP contribution in [0, 0.1) is 6.92 Å². The van der Waals surface area contributed by atoms with E-state index in [1.54, 1.807) is 17.2 Å². The second kappa shape index (κ2) is 10.7. The molecule has 2 aromatic heterocycles. The number of amides is 1. The van der Waals surface area contributed by atoms with Gasteiger partial charge >= 0.3 is 0 Å². The Labute approximate surface area is 225 Å². The lowest BCUT2D eigenvalue weighted by Crippen LogP contribution is -2.31. The van der Waals surface area contributed by atoms with Crippen molar-refractivity contribution in [2.75, 3.05) is 11.9 Å². The monoisotopic (exact) mass is 526 g/mol. The van der Waals surface area contributed by atoms with Crippen LogP contribution in [-0.4, -0.2) is 31.1 Å². The lowest BCUT2D eigenvalue weighted by molar-refractivity contribution is -0.123. The number of thiocarbonyl (C=S) groups is 1. The van der Waals surface area contributed by atoms with Crippen LogP contribution >= 0.6 is 24.0 Å². The second-order valence-corrected chi connectivity index (χ2v) is 10.6. The van der Waals surface area contributed by atoms with Gasteiger partial charge in [-0.25, -0.2) is 4.98 Å². The Kier molecular flexibility index (Phi) is 7.21. The van der Waals surface area contributed by atoms with Gasteiger partial charge in [0.25, 0.3) is 11.5 Å². The molecular formula is C29H26N4O2S2. The summed E-state index contributed by atoms with van der Waals surface area (Å²) in [5.74, 6) is 0.237. The van der Waals surface area contributed by atoms with E-state index in [-0.39, 0.29) is 17.5 Å². The highest BCUT2D eigenvalue weighted by Crippen LogP contribution is 2.38. The minimum Gasteiger partial charge on any atom is -0.369 e. The zero-order valence-corrected chi connectivity index (χ0v) is 22.2. The Morgan fingerprint density at radius 1 is 1.03 bits per heavy atom. The van der Waals surface area contributed by atoms with Crippen LogP contribution in [0.1, 0.15) is 35.2 Å². The number of anilines is 1. The molecule has 0 radical (unpaired) electrons. The maximum atomic E-state index is 13.6. The van der Waals surface area contributed by atoms with E-state index in [1.165, 1.54) is 21.7 Å². The quantitative estimate of drug-likeness (QED) is 0.249. The van der Waals surface area contributed by atoms with Gasteiger partial charge in [-0.15, -0.1) is 0 Å². The Morgan fingerprint density at radius 2 is 1.73 bits per heavy atom. The van der Waals surface area contributed by atoms with Gasteiger partial charge in [-0.05, 0) is 49.1 Å². The summed E-state index contributed by atoms with van der Waals surface area (Å²) in [5, 5.41) is 3.33. The number of nitrogens with one attached hydrogen (secondary N) is 1. The normalized spacial score (nSPS) is 15.5. The number of rotatable bonds is 7. The molecule has 1 saturated heterocycles. The molecule has 186 valence electrons. The molecule has 8 heteroatoms. The van der Waals surface area contributed by atoms with Gasteiger partial charge in [-0.1, -0.05) is 90.7 Å². The zero-order chi connectivity index (χ0) is 25.9. The highest BCUT2D eigenvalue weighted by Gasteiger charge is 2.36. The number of carbonyl (C=O) groups excluding carboxylic acids is 1. The second-order valence-electron chi connectivity index (χ2n) is 8.91. The van der Waals surface area contributed by atoms with Crippen molar-refractivity contribution >= 4 is 51.7 Å². The largest absolute Gasteiger partial charge is 0.369 e. The molecule has 0 saturated carbocycles. The molecule has 37 heavy (non-hydrogen) atoms. The van der Waals surface area contributed by atoms with Crippen molar-refractivity contribution < 1.29 is 4.79 Å². The van der Waals surface area contributed by atoms with Gasteiger partial charge in [0.2, 0.25) is 0 Å². The van der Waals surface area contributed by atoms with E-state index < -0.39 is 0 Å². The summed E-state index contributed by atoms with van der Waals surface area (Å²) in [7, 11) is 0. The number of benzene rings is 2. The fourth-order valence-electron chi connectivity index (χ4n) is 4.32. The van der Waals surface area contributed by atoms with Crippen LogP contribution in [0.2, 0.25) is 0 Å². The predicted molar refractivity (Wildman–Crippen MR) is 155 cm³/mol. The summed E-state index contributed by atoms with van der Waals surface area (Å²) >= 11 is 6.80. The van der Waals surface area contributed by atoms with Gasteiger partial charge in [0.15, 0.2) is 0 Å². The molecule has 5 rings (SSSR count). The minimum absolute atomic E-state index is 0.213. The van der Waals surface area contributed by atoms with Crippen molar-refractivity contribution in [1.29, 1.82) is 0 Å². The van der Waals surface area contributed by atoms with E-state index in [0.717, 1.165) is 17.5 Å². The third-order valence-electron chi connectivity index (χ3n) is 6.32. The molecule has 0 spiro atoms. The van der Waals surface area contributed by atoms with Gasteiger partial charge in [-0.2, -0.15) is 0 Å². The van der Waals surface area contributed by atoms with Crippen LogP contribution in [-0.2, 0) is 11.2 Å². The maximum Gasteiger partial charge on any atom is 0.267 e. The van der Waals surface area contributed by atoms with Gasteiger partial charge in [-0.3, -0.25) is 18.9 Å². The SMILES string of the molecule is Cc1ccc2nc(NCCc3ccccc3)c(/C=C3\SC(=S)N(C(C)c4ccccc4)C3=O)c(=O)n2c1. The zero-order valence-electron chi connectivity index (χ0n) is 20.5. The fourth-order valence-corrected chi connectivity index (χ4v) is 5.72. The minimum atomic E-state index is -0.239. The highest BCUT2D eigenvalue weighted by atomic mass is 32.2. The highest BCUT2D eigenvalue weighted by molar-refractivity contribution is 8.26. The van der Waals surface area contributed by atoms with Crippen molar-refractivity contribution in [2.45, 2.75) is 26.3 Å². The number of hydrogen-bond acceptors (Lipinski definition) is 6. The molecule has 0 bridgehead atoms. The lowest BCUT2D eigenvalue weighted by Gasteiger charge is -2.23. The van der Waals surface area contributed by atoms with E-state index in [2.05, 4.69) is 17.4 Å². The average Bonchev–Trinajstić information content (AvgIpc) is 3.19. The maximum absolute atomic E-state index is 13.6. The summed E-state index contributed by atoms with van der Waals surface area (Å²) in [4.78, 5) is 33.8. The summed E-state index contributed by atoms with van der Waals surface area (Å²) < 4.78 is 1.99. The van der Waals surface area contributed by atoms with Crippen LogP contribution in [0.4, 0.5) is 5.82 Å². The van der Waals surface area contributed by atoms with Crippen molar-refractivity contribution in [3.8, 4) is 0 Å². The van der Waals surface area contributed by atoms with Crippen molar-refractivity contribution in [1.82, 2.24) is 14.3 Å². The van der Waals surface area contributed by atoms with E-state index in [0.29, 0.717) is 32.8 Å². The third-order valence-corrected chi connectivity index (χ3v) is 7.65. The predicted octanol–water partition coefficient (Wildman–Crippen LogP) is 5.62. The molecule has 1 aliphatic heterocycles. The van der Waals surface area contributed by atoms with Gasteiger partial charge in [0.05, 0.1) is 16.5 Å². The van der Waals surface area contributed by atoms with Crippen molar-refractivity contribution in [2.24, 2.45) is 0 Å². The molecule has 1 fully saturated rings. The number of aromatic nitrogens is 2. The van der Waals surface area contributed by atoms with Crippen LogP contribution < -0.4 is 10.9 Å². The van der Waals surface area contributed by atoms with Crippen LogP contribution in [0.25, 0.3) is 11.7 Å². The molecule has 1 amide bonds. The molecule has 6 nitrogen and oxygen atoms in total. The number of thioether (sulfide) groups is 1. The molecule has 1 N–H and O–H groups in total. The van der Waals surface area contributed by atoms with Gasteiger partial charge in [0, 0.05) is 12.7 Å². The molecule has 2 aromatic carbocycles. The first kappa shape index (κ1) is 24.9. The van der Waals surface area contributed by atoms with Gasteiger partial charge < -0.3 is 5.32 Å². The first-order chi connectivity index (χ1) is 17.9. The van der Waals surface area contributed by atoms with Gasteiger partial charge in [0.1, 0.15) is 15.8 Å². The Bertz CT molecular complexity index is 1570. The molecule has 4 aromatic rings. The number of fused-ring (bicyclic) bond motifs is 1. The van der Waals surface area contributed by atoms with E-state index >= 15 is 0 Å². The number of carbonyl (C=O) groups is 1. The van der Waals surface area contributed by atoms with Crippen molar-refractivity contribution in [3.05, 3.63) is 117 Å². The smallest absolute Gasteiger partial charge is 0.267 e. The molecule has 1 aliphatic rings. The Morgan fingerprint density at radius 3 is 2.46 bits per heavy atom. The molecule has 0 aliphatic carbocycles. The van der Waals surface area contributed by atoms with Crippen molar-refractivity contribution in [3.63, 3.8) is 0 Å². The number of pyridine rings is 1. The lowest BCUT2D eigenvalue weighted by atomic mass is 10.1. The topological polar surface area (TPSA) is 66.7 Å². The molecule has 1 atom stereocenters. The number of aryl methyl sites for hydroxylation is 1. The summed E-state index contributed by atoms with van der Waals surface area (Å²) in [5.41, 5.74) is 3.75. The summed E-state index contributed by atoms with van der Waals surface area (Å²) in [6.45, 7) is 4.47. The standard InChI is InChI=1S/C29H26N4O2S2/c1-19-13-14-25-31-26(30-16-15-21-9-5-3-6-10-21)23(27(34)32(25)18-19)17-24-28(35)33(29(36)37-24)20(2)22-11-7-4-8-12-22/h3-14,17-18,20,30H,15-16H2,1-2H3/b24-17-. The van der Waals surface area contributed by atoms with E-state index in [1.807, 2.05) is 74.5 Å². The van der Waals surface area contributed by atoms with Crippen LogP contribution in [0.15, 0.2) is 88.7 Å². The van der Waals surface area contributed by atoms with E-state index in [9.17, 15) is 9.59 Å². The summed E-state index contributed by atoms with van der Waals surface area (Å²) in [6.07, 6.45) is 4.16. The first-order valence-electron chi connectivity index (χ1n) is 12.0. The number of nitrogens with zero attached hydrogens (tertiary/aromatic N) is 3. The Balaban J connectivity index is 1.51. The molecule has 1 unspecified atom stereocenters.